The number of benzene rings is 1. The van der Waals surface area contributed by atoms with Gasteiger partial charge in [-0.3, -0.25) is 24.0 Å². The van der Waals surface area contributed by atoms with E-state index in [1.807, 2.05) is 45.9 Å². The van der Waals surface area contributed by atoms with E-state index in [1.54, 1.807) is 11.6 Å². The maximum atomic E-state index is 12.9. The Morgan fingerprint density at radius 3 is 2.32 bits per heavy atom. The standard InChI is InChI=1S/C24H35N3O5.C2H6/c1-23(2,3)15-31-11-12-32-24(4,5)14-16-7-8-17-19(13-16)26(6)22(30)27(17)18-9-10-20(28)25-21(18)29;1-2/h7-8,13,18H,9-12,14-15H2,1-6H3,(H,25,28,29);1-2H3. The summed E-state index contributed by atoms with van der Waals surface area (Å²) in [5.74, 6) is -0.726. The van der Waals surface area contributed by atoms with Crippen molar-refractivity contribution in [1.82, 2.24) is 14.5 Å². The average Bonchev–Trinajstić information content (AvgIpc) is 2.98. The lowest BCUT2D eigenvalue weighted by Gasteiger charge is -2.26. The first-order valence-electron chi connectivity index (χ1n) is 12.1. The van der Waals surface area contributed by atoms with Gasteiger partial charge in [-0.05, 0) is 43.4 Å². The van der Waals surface area contributed by atoms with E-state index in [1.165, 1.54) is 4.57 Å². The quantitative estimate of drug-likeness (QED) is 0.464. The zero-order valence-corrected chi connectivity index (χ0v) is 22.0. The minimum atomic E-state index is -0.678. The van der Waals surface area contributed by atoms with E-state index in [-0.39, 0.29) is 23.4 Å². The van der Waals surface area contributed by atoms with Gasteiger partial charge in [0.05, 0.1) is 36.5 Å². The number of piperidine rings is 1. The van der Waals surface area contributed by atoms with Gasteiger partial charge in [0.1, 0.15) is 6.04 Å². The van der Waals surface area contributed by atoms with E-state index >= 15 is 0 Å². The molecule has 1 atom stereocenters. The van der Waals surface area contributed by atoms with Gasteiger partial charge in [-0.25, -0.2) is 4.79 Å². The maximum Gasteiger partial charge on any atom is 0.329 e. The molecule has 2 heterocycles. The van der Waals surface area contributed by atoms with Crippen LogP contribution in [0.2, 0.25) is 0 Å². The fourth-order valence-electron chi connectivity index (χ4n) is 4.05. The summed E-state index contributed by atoms with van der Waals surface area (Å²) in [4.78, 5) is 36.7. The number of ether oxygens (including phenoxy) is 2. The number of carbonyl (C=O) groups is 2. The highest BCUT2D eigenvalue weighted by Crippen LogP contribution is 2.25. The second-order valence-corrected chi connectivity index (χ2v) is 10.4. The number of hydrogen-bond donors (Lipinski definition) is 1. The van der Waals surface area contributed by atoms with Crippen molar-refractivity contribution in [2.24, 2.45) is 12.5 Å². The van der Waals surface area contributed by atoms with Crippen molar-refractivity contribution in [3.05, 3.63) is 34.2 Å². The third kappa shape index (κ3) is 7.03. The van der Waals surface area contributed by atoms with Crippen LogP contribution in [0.3, 0.4) is 0 Å². The molecule has 0 aliphatic carbocycles. The molecule has 1 aliphatic rings. The van der Waals surface area contributed by atoms with Crippen LogP contribution in [0.5, 0.6) is 0 Å². The largest absolute Gasteiger partial charge is 0.379 e. The van der Waals surface area contributed by atoms with Gasteiger partial charge in [-0.15, -0.1) is 0 Å². The van der Waals surface area contributed by atoms with Crippen molar-refractivity contribution in [1.29, 1.82) is 0 Å². The van der Waals surface area contributed by atoms with Gasteiger partial charge in [0.2, 0.25) is 11.8 Å². The third-order valence-electron chi connectivity index (χ3n) is 5.56. The van der Waals surface area contributed by atoms with Crippen LogP contribution >= 0.6 is 0 Å². The Balaban J connectivity index is 0.00000199. The van der Waals surface area contributed by atoms with Gasteiger partial charge in [-0.1, -0.05) is 40.7 Å². The summed E-state index contributed by atoms with van der Waals surface area (Å²) in [5, 5.41) is 2.33. The van der Waals surface area contributed by atoms with Crippen molar-refractivity contribution in [3.63, 3.8) is 0 Å². The van der Waals surface area contributed by atoms with Crippen LogP contribution in [0.1, 0.15) is 72.9 Å². The summed E-state index contributed by atoms with van der Waals surface area (Å²) in [5.41, 5.74) is 1.94. The molecule has 1 unspecified atom stereocenters. The minimum Gasteiger partial charge on any atom is -0.379 e. The SMILES string of the molecule is CC.Cn1c(=O)n(C2CCC(=O)NC2=O)c2ccc(CC(C)(C)OCCOCC(C)(C)C)cc21. The van der Waals surface area contributed by atoms with E-state index in [2.05, 4.69) is 26.1 Å². The van der Waals surface area contributed by atoms with Crippen LogP contribution in [0.15, 0.2) is 23.0 Å². The molecule has 1 aromatic heterocycles. The number of amides is 2. The molecule has 2 amide bonds. The minimum absolute atomic E-state index is 0.130. The summed E-state index contributed by atoms with van der Waals surface area (Å²) in [6.45, 7) is 16.2. The van der Waals surface area contributed by atoms with Gasteiger partial charge in [0.15, 0.2) is 0 Å². The molecule has 1 fully saturated rings. The smallest absolute Gasteiger partial charge is 0.329 e. The molecule has 1 aliphatic heterocycles. The number of rotatable bonds is 8. The molecule has 1 N–H and O–H groups in total. The molecule has 34 heavy (non-hydrogen) atoms. The number of aryl methyl sites for hydroxylation is 1. The molecular formula is C26H41N3O5. The maximum absolute atomic E-state index is 12.9. The lowest BCUT2D eigenvalue weighted by Crippen LogP contribution is -2.44. The second kappa shape index (κ2) is 11.3. The molecule has 0 bridgehead atoms. The summed E-state index contributed by atoms with van der Waals surface area (Å²) >= 11 is 0. The average molecular weight is 476 g/mol. The van der Waals surface area contributed by atoms with Crippen molar-refractivity contribution >= 4 is 22.8 Å². The highest BCUT2D eigenvalue weighted by atomic mass is 16.5. The summed E-state index contributed by atoms with van der Waals surface area (Å²) in [6.07, 6.45) is 1.21. The van der Waals surface area contributed by atoms with Gasteiger partial charge in [-0.2, -0.15) is 0 Å². The Morgan fingerprint density at radius 2 is 1.71 bits per heavy atom. The van der Waals surface area contributed by atoms with E-state index in [9.17, 15) is 14.4 Å². The van der Waals surface area contributed by atoms with Gasteiger partial charge in [0.25, 0.3) is 0 Å². The molecule has 2 aromatic rings. The molecule has 190 valence electrons. The number of nitrogens with zero attached hydrogens (tertiary/aromatic N) is 2. The molecule has 0 spiro atoms. The molecule has 0 radical (unpaired) electrons. The van der Waals surface area contributed by atoms with Gasteiger partial charge < -0.3 is 9.47 Å². The van der Waals surface area contributed by atoms with Crippen LogP contribution in [-0.2, 0) is 32.5 Å². The summed E-state index contributed by atoms with van der Waals surface area (Å²) in [6, 6.07) is 5.13. The third-order valence-corrected chi connectivity index (χ3v) is 5.56. The molecule has 1 saturated heterocycles. The fourth-order valence-corrected chi connectivity index (χ4v) is 4.05. The van der Waals surface area contributed by atoms with E-state index in [4.69, 9.17) is 9.47 Å². The Morgan fingerprint density at radius 1 is 1.03 bits per heavy atom. The van der Waals surface area contributed by atoms with Crippen LogP contribution < -0.4 is 11.0 Å². The highest BCUT2D eigenvalue weighted by Gasteiger charge is 2.31. The Hall–Kier alpha value is -2.45. The van der Waals surface area contributed by atoms with Crippen molar-refractivity contribution in [2.75, 3.05) is 19.8 Å². The zero-order chi connectivity index (χ0) is 25.7. The zero-order valence-electron chi connectivity index (χ0n) is 22.0. The normalized spacial score (nSPS) is 16.9. The number of fused-ring (bicyclic) bond motifs is 1. The van der Waals surface area contributed by atoms with Crippen LogP contribution in [0, 0.1) is 5.41 Å². The predicted molar refractivity (Wildman–Crippen MR) is 134 cm³/mol. The van der Waals surface area contributed by atoms with Crippen molar-refractivity contribution in [3.8, 4) is 0 Å². The first-order valence-corrected chi connectivity index (χ1v) is 12.1. The Labute approximate surface area is 202 Å². The van der Waals surface area contributed by atoms with Crippen LogP contribution in [0.25, 0.3) is 11.0 Å². The molecule has 1 aromatic carbocycles. The van der Waals surface area contributed by atoms with Crippen molar-refractivity contribution < 1.29 is 19.1 Å². The molecular weight excluding hydrogens is 434 g/mol. The van der Waals surface area contributed by atoms with E-state index in [0.29, 0.717) is 38.2 Å². The monoisotopic (exact) mass is 475 g/mol. The van der Waals surface area contributed by atoms with E-state index < -0.39 is 17.6 Å². The van der Waals surface area contributed by atoms with Gasteiger partial charge >= 0.3 is 5.69 Å². The van der Waals surface area contributed by atoms with Gasteiger partial charge in [0, 0.05) is 19.9 Å². The van der Waals surface area contributed by atoms with Crippen LogP contribution in [0.4, 0.5) is 0 Å². The highest BCUT2D eigenvalue weighted by molar-refractivity contribution is 6.00. The van der Waals surface area contributed by atoms with E-state index in [0.717, 1.165) is 11.1 Å². The number of hydrogen-bond acceptors (Lipinski definition) is 5. The predicted octanol–water partition coefficient (Wildman–Crippen LogP) is 3.74. The lowest BCUT2D eigenvalue weighted by molar-refractivity contribution is -0.135. The number of imidazole rings is 1. The molecule has 8 nitrogen and oxygen atoms in total. The Bertz CT molecular complexity index is 1060. The number of nitrogens with one attached hydrogen (secondary N) is 1. The Kier molecular flexibility index (Phi) is 9.25. The summed E-state index contributed by atoms with van der Waals surface area (Å²) in [7, 11) is 1.70. The lowest BCUT2D eigenvalue weighted by atomic mass is 9.98. The van der Waals surface area contributed by atoms with Crippen molar-refractivity contribution in [2.45, 2.75) is 79.4 Å². The molecule has 3 rings (SSSR count). The summed E-state index contributed by atoms with van der Waals surface area (Å²) < 4.78 is 14.8. The van der Waals surface area contributed by atoms with Crippen LogP contribution in [-0.4, -0.2) is 46.4 Å². The first-order chi connectivity index (χ1) is 15.9. The number of imide groups is 1. The number of aromatic nitrogens is 2. The number of carbonyl (C=O) groups excluding carboxylic acids is 2. The fraction of sp³-hybridized carbons (Fsp3) is 0.654. The molecule has 0 saturated carbocycles. The second-order valence-electron chi connectivity index (χ2n) is 10.4. The molecule has 8 heteroatoms. The topological polar surface area (TPSA) is 91.6 Å². The first kappa shape index (κ1) is 27.8.